The first-order chi connectivity index (χ1) is 9.85. The molecule has 20 heavy (non-hydrogen) atoms. The Kier molecular flexibility index (Phi) is 5.62. The molecule has 1 N–H and O–H groups in total. The Bertz CT molecular complexity index is 488. The van der Waals surface area contributed by atoms with E-state index in [0.717, 1.165) is 44.2 Å². The van der Waals surface area contributed by atoms with Gasteiger partial charge in [-0.25, -0.2) is 4.98 Å². The van der Waals surface area contributed by atoms with Crippen LogP contribution in [0.4, 0.5) is 5.95 Å². The molecule has 0 unspecified atom stereocenters. The molecule has 1 aromatic carbocycles. The quantitative estimate of drug-likeness (QED) is 0.750. The average Bonchev–Trinajstić information content (AvgIpc) is 2.97. The van der Waals surface area contributed by atoms with Crippen LogP contribution in [0, 0.1) is 0 Å². The lowest BCUT2D eigenvalue weighted by atomic mass is 10.3. The van der Waals surface area contributed by atoms with E-state index in [-0.39, 0.29) is 0 Å². The Morgan fingerprint density at radius 3 is 2.60 bits per heavy atom. The smallest absolute Gasteiger partial charge is 0.207 e. The predicted molar refractivity (Wildman–Crippen MR) is 84.5 cm³/mol. The van der Waals surface area contributed by atoms with Gasteiger partial charge in [0.15, 0.2) is 0 Å². The van der Waals surface area contributed by atoms with Crippen molar-refractivity contribution in [1.82, 2.24) is 14.5 Å². The summed E-state index contributed by atoms with van der Waals surface area (Å²) in [5, 5.41) is 3.42. The first-order valence-corrected chi connectivity index (χ1v) is 7.40. The summed E-state index contributed by atoms with van der Waals surface area (Å²) in [5.74, 6) is 0.913. The lowest BCUT2D eigenvalue weighted by Crippen LogP contribution is -2.25. The van der Waals surface area contributed by atoms with Crippen molar-refractivity contribution in [2.45, 2.75) is 20.3 Å². The second-order valence-corrected chi connectivity index (χ2v) is 4.76. The highest BCUT2D eigenvalue weighted by Crippen LogP contribution is 2.13. The minimum absolute atomic E-state index is 0.913. The number of nitrogens with one attached hydrogen (secondary N) is 1. The SMILES string of the molecule is CCN(CC)CCCNc1nccn1-c1ccccc1. The summed E-state index contributed by atoms with van der Waals surface area (Å²) in [7, 11) is 0. The van der Waals surface area contributed by atoms with Crippen LogP contribution in [0.15, 0.2) is 42.7 Å². The molecule has 0 atom stereocenters. The van der Waals surface area contributed by atoms with Crippen LogP contribution in [0.1, 0.15) is 20.3 Å². The fourth-order valence-electron chi connectivity index (χ4n) is 2.27. The van der Waals surface area contributed by atoms with Gasteiger partial charge in [0.2, 0.25) is 5.95 Å². The third-order valence-electron chi connectivity index (χ3n) is 3.50. The molecule has 0 radical (unpaired) electrons. The number of rotatable bonds is 8. The number of aromatic nitrogens is 2. The number of hydrogen-bond donors (Lipinski definition) is 1. The van der Waals surface area contributed by atoms with Gasteiger partial charge in [-0.2, -0.15) is 0 Å². The van der Waals surface area contributed by atoms with Crippen molar-refractivity contribution in [2.75, 3.05) is 31.5 Å². The summed E-state index contributed by atoms with van der Waals surface area (Å²) < 4.78 is 2.08. The molecule has 0 spiro atoms. The molecule has 0 saturated carbocycles. The number of anilines is 1. The van der Waals surface area contributed by atoms with E-state index in [2.05, 4.69) is 45.7 Å². The minimum atomic E-state index is 0.913. The first-order valence-electron chi connectivity index (χ1n) is 7.40. The van der Waals surface area contributed by atoms with Gasteiger partial charge < -0.3 is 10.2 Å². The largest absolute Gasteiger partial charge is 0.355 e. The minimum Gasteiger partial charge on any atom is -0.355 e. The van der Waals surface area contributed by atoms with Gasteiger partial charge in [-0.15, -0.1) is 0 Å². The van der Waals surface area contributed by atoms with Crippen LogP contribution in [0.3, 0.4) is 0 Å². The highest BCUT2D eigenvalue weighted by atomic mass is 15.2. The maximum atomic E-state index is 4.39. The normalized spacial score (nSPS) is 10.9. The summed E-state index contributed by atoms with van der Waals surface area (Å²) in [6, 6.07) is 10.3. The zero-order chi connectivity index (χ0) is 14.2. The summed E-state index contributed by atoms with van der Waals surface area (Å²) in [6.07, 6.45) is 4.95. The fraction of sp³-hybridized carbons (Fsp3) is 0.438. The van der Waals surface area contributed by atoms with E-state index in [1.807, 2.05) is 30.6 Å². The van der Waals surface area contributed by atoms with E-state index < -0.39 is 0 Å². The van der Waals surface area contributed by atoms with Gasteiger partial charge in [-0.3, -0.25) is 4.57 Å². The summed E-state index contributed by atoms with van der Waals surface area (Å²) in [5.41, 5.74) is 1.14. The fourth-order valence-corrected chi connectivity index (χ4v) is 2.27. The lowest BCUT2D eigenvalue weighted by Gasteiger charge is -2.18. The molecule has 0 fully saturated rings. The number of benzene rings is 1. The maximum Gasteiger partial charge on any atom is 0.207 e. The van der Waals surface area contributed by atoms with Gasteiger partial charge in [0, 0.05) is 24.6 Å². The van der Waals surface area contributed by atoms with E-state index in [0.29, 0.717) is 0 Å². The topological polar surface area (TPSA) is 33.1 Å². The van der Waals surface area contributed by atoms with Crippen molar-refractivity contribution in [3.8, 4) is 5.69 Å². The molecule has 1 heterocycles. The van der Waals surface area contributed by atoms with Gasteiger partial charge in [0.1, 0.15) is 0 Å². The van der Waals surface area contributed by atoms with E-state index >= 15 is 0 Å². The van der Waals surface area contributed by atoms with Crippen LogP contribution in [-0.2, 0) is 0 Å². The summed E-state index contributed by atoms with van der Waals surface area (Å²) in [6.45, 7) is 8.73. The molecular weight excluding hydrogens is 248 g/mol. The van der Waals surface area contributed by atoms with E-state index in [1.165, 1.54) is 0 Å². The molecule has 0 aliphatic heterocycles. The highest BCUT2D eigenvalue weighted by molar-refractivity contribution is 5.41. The molecule has 0 aliphatic rings. The molecule has 2 aromatic rings. The molecule has 0 bridgehead atoms. The zero-order valence-electron chi connectivity index (χ0n) is 12.4. The predicted octanol–water partition coefficient (Wildman–Crippen LogP) is 3.02. The molecule has 0 amide bonds. The van der Waals surface area contributed by atoms with Crippen molar-refractivity contribution in [3.63, 3.8) is 0 Å². The second-order valence-electron chi connectivity index (χ2n) is 4.76. The first kappa shape index (κ1) is 14.6. The second kappa shape index (κ2) is 7.70. The Morgan fingerprint density at radius 2 is 1.90 bits per heavy atom. The van der Waals surface area contributed by atoms with E-state index in [9.17, 15) is 0 Å². The standard InChI is InChI=1S/C16H24N4/c1-3-19(4-2)13-8-11-17-16-18-12-14-20(16)15-9-6-5-7-10-15/h5-7,9-10,12,14H,3-4,8,11,13H2,1-2H3,(H,17,18). The molecule has 0 saturated heterocycles. The van der Waals surface area contributed by atoms with Gasteiger partial charge in [-0.05, 0) is 38.2 Å². The van der Waals surface area contributed by atoms with Crippen LogP contribution in [0.5, 0.6) is 0 Å². The van der Waals surface area contributed by atoms with Crippen LogP contribution in [0.2, 0.25) is 0 Å². The van der Waals surface area contributed by atoms with Crippen molar-refractivity contribution >= 4 is 5.95 Å². The van der Waals surface area contributed by atoms with Gasteiger partial charge >= 0.3 is 0 Å². The Labute approximate surface area is 121 Å². The van der Waals surface area contributed by atoms with Crippen molar-refractivity contribution in [3.05, 3.63) is 42.7 Å². The third kappa shape index (κ3) is 3.84. The zero-order valence-corrected chi connectivity index (χ0v) is 12.4. The van der Waals surface area contributed by atoms with Gasteiger partial charge in [-0.1, -0.05) is 32.0 Å². The van der Waals surface area contributed by atoms with Crippen LogP contribution < -0.4 is 5.32 Å². The lowest BCUT2D eigenvalue weighted by molar-refractivity contribution is 0.303. The molecular formula is C16H24N4. The molecule has 108 valence electrons. The van der Waals surface area contributed by atoms with Crippen LogP contribution in [-0.4, -0.2) is 40.6 Å². The highest BCUT2D eigenvalue weighted by Gasteiger charge is 2.04. The summed E-state index contributed by atoms with van der Waals surface area (Å²) in [4.78, 5) is 6.82. The van der Waals surface area contributed by atoms with Gasteiger partial charge in [0.05, 0.1) is 0 Å². The third-order valence-corrected chi connectivity index (χ3v) is 3.50. The van der Waals surface area contributed by atoms with Crippen molar-refractivity contribution < 1.29 is 0 Å². The van der Waals surface area contributed by atoms with Crippen molar-refractivity contribution in [2.24, 2.45) is 0 Å². The molecule has 4 nitrogen and oxygen atoms in total. The number of hydrogen-bond acceptors (Lipinski definition) is 3. The monoisotopic (exact) mass is 272 g/mol. The van der Waals surface area contributed by atoms with Crippen molar-refractivity contribution in [1.29, 1.82) is 0 Å². The average molecular weight is 272 g/mol. The number of nitrogens with zero attached hydrogens (tertiary/aromatic N) is 3. The molecule has 0 aliphatic carbocycles. The molecule has 4 heteroatoms. The van der Waals surface area contributed by atoms with E-state index in [1.54, 1.807) is 0 Å². The Morgan fingerprint density at radius 1 is 1.15 bits per heavy atom. The van der Waals surface area contributed by atoms with Gasteiger partial charge in [0.25, 0.3) is 0 Å². The maximum absolute atomic E-state index is 4.39. The van der Waals surface area contributed by atoms with Crippen LogP contribution in [0.25, 0.3) is 5.69 Å². The summed E-state index contributed by atoms with van der Waals surface area (Å²) >= 11 is 0. The van der Waals surface area contributed by atoms with Crippen LogP contribution >= 0.6 is 0 Å². The Hall–Kier alpha value is -1.81. The van der Waals surface area contributed by atoms with E-state index in [4.69, 9.17) is 0 Å². The number of imidazole rings is 1. The molecule has 2 rings (SSSR count). The number of para-hydroxylation sites is 1. The molecule has 1 aromatic heterocycles. The Balaban J connectivity index is 1.87.